The summed E-state index contributed by atoms with van der Waals surface area (Å²) in [5.74, 6) is -0.331. The number of methoxy groups -OCH3 is 1. The van der Waals surface area contributed by atoms with Gasteiger partial charge in [-0.25, -0.2) is 0 Å². The number of nitrogen functional groups attached to an aromatic ring is 2. The lowest BCUT2D eigenvalue weighted by Gasteiger charge is -2.08. The van der Waals surface area contributed by atoms with Crippen molar-refractivity contribution in [2.45, 2.75) is 6.42 Å². The molecule has 1 aromatic carbocycles. The number of hydrogen-bond acceptors (Lipinski definition) is 4. The van der Waals surface area contributed by atoms with Crippen molar-refractivity contribution in [2.24, 2.45) is 0 Å². The molecular weight excluding hydrogens is 248 g/mol. The van der Waals surface area contributed by atoms with Crippen LogP contribution < -0.4 is 11.5 Å². The maximum absolute atomic E-state index is 11.0. The van der Waals surface area contributed by atoms with Crippen LogP contribution in [0.4, 0.5) is 11.4 Å². The Morgan fingerprint density at radius 3 is 2.64 bits per heavy atom. The van der Waals surface area contributed by atoms with Crippen LogP contribution in [0, 0.1) is 0 Å². The molecule has 1 aromatic rings. The third-order valence-electron chi connectivity index (χ3n) is 1.80. The maximum atomic E-state index is 11.0. The van der Waals surface area contributed by atoms with Gasteiger partial charge in [0, 0.05) is 21.4 Å². The zero-order chi connectivity index (χ0) is 10.7. The molecule has 0 saturated carbocycles. The fourth-order valence-corrected chi connectivity index (χ4v) is 1.72. The molecule has 0 unspecified atom stereocenters. The summed E-state index contributed by atoms with van der Waals surface area (Å²) in [7, 11) is 1.34. The van der Waals surface area contributed by atoms with Crippen LogP contribution in [-0.2, 0) is 16.0 Å². The first kappa shape index (κ1) is 10.8. The molecule has 0 bridgehead atoms. The minimum absolute atomic E-state index is 0.142. The van der Waals surface area contributed by atoms with Crippen molar-refractivity contribution in [1.29, 1.82) is 0 Å². The molecule has 0 aromatic heterocycles. The summed E-state index contributed by atoms with van der Waals surface area (Å²) in [6.07, 6.45) is 0.142. The number of hydrogen-bond donors (Lipinski definition) is 2. The Kier molecular flexibility index (Phi) is 3.35. The smallest absolute Gasteiger partial charge is 0.310 e. The second-order valence-electron chi connectivity index (χ2n) is 2.82. The average Bonchev–Trinajstić information content (AvgIpc) is 2.10. The molecule has 0 spiro atoms. The Hall–Kier alpha value is -1.23. The van der Waals surface area contributed by atoms with Crippen molar-refractivity contribution in [3.8, 4) is 0 Å². The van der Waals surface area contributed by atoms with Gasteiger partial charge in [0.25, 0.3) is 0 Å². The van der Waals surface area contributed by atoms with E-state index >= 15 is 0 Å². The lowest BCUT2D eigenvalue weighted by atomic mass is 10.1. The van der Waals surface area contributed by atoms with E-state index in [0.29, 0.717) is 16.9 Å². The van der Waals surface area contributed by atoms with Crippen LogP contribution in [0.2, 0.25) is 0 Å². The standard InChI is InChI=1S/C9H11BrN2O2/c1-14-9(13)4-6-7(10)2-5(11)3-8(6)12/h2-3H,4,11-12H2,1H3. The van der Waals surface area contributed by atoms with E-state index in [1.807, 2.05) is 0 Å². The van der Waals surface area contributed by atoms with Crippen LogP contribution in [0.1, 0.15) is 5.56 Å². The molecule has 1 rings (SSSR count). The minimum atomic E-state index is -0.331. The molecule has 0 radical (unpaired) electrons. The number of benzene rings is 1. The number of nitrogens with two attached hydrogens (primary N) is 2. The SMILES string of the molecule is COC(=O)Cc1c(N)cc(N)cc1Br. The summed E-state index contributed by atoms with van der Waals surface area (Å²) in [5, 5.41) is 0. The van der Waals surface area contributed by atoms with Gasteiger partial charge in [-0.15, -0.1) is 0 Å². The van der Waals surface area contributed by atoms with E-state index in [1.54, 1.807) is 12.1 Å². The van der Waals surface area contributed by atoms with Crippen molar-refractivity contribution in [1.82, 2.24) is 0 Å². The molecule has 4 nitrogen and oxygen atoms in total. The van der Waals surface area contributed by atoms with E-state index in [0.717, 1.165) is 4.47 Å². The van der Waals surface area contributed by atoms with E-state index in [4.69, 9.17) is 11.5 Å². The minimum Gasteiger partial charge on any atom is -0.469 e. The lowest BCUT2D eigenvalue weighted by molar-refractivity contribution is -0.139. The highest BCUT2D eigenvalue weighted by atomic mass is 79.9. The monoisotopic (exact) mass is 258 g/mol. The Morgan fingerprint density at radius 2 is 2.14 bits per heavy atom. The highest BCUT2D eigenvalue weighted by Crippen LogP contribution is 2.26. The Morgan fingerprint density at radius 1 is 1.50 bits per heavy atom. The predicted octanol–water partition coefficient (Wildman–Crippen LogP) is 1.33. The molecule has 0 aliphatic carbocycles. The quantitative estimate of drug-likeness (QED) is 0.620. The highest BCUT2D eigenvalue weighted by Gasteiger charge is 2.10. The van der Waals surface area contributed by atoms with Crippen molar-refractivity contribution in [2.75, 3.05) is 18.6 Å². The van der Waals surface area contributed by atoms with E-state index in [9.17, 15) is 4.79 Å². The summed E-state index contributed by atoms with van der Waals surface area (Å²) in [6, 6.07) is 3.32. The zero-order valence-corrected chi connectivity index (χ0v) is 9.30. The van der Waals surface area contributed by atoms with Gasteiger partial charge in [0.15, 0.2) is 0 Å². The van der Waals surface area contributed by atoms with Gasteiger partial charge in [-0.1, -0.05) is 15.9 Å². The molecule has 76 valence electrons. The van der Waals surface area contributed by atoms with Gasteiger partial charge in [-0.3, -0.25) is 4.79 Å². The van der Waals surface area contributed by atoms with Crippen molar-refractivity contribution in [3.05, 3.63) is 22.2 Å². The number of carbonyl (C=O) groups is 1. The van der Waals surface area contributed by atoms with Crippen molar-refractivity contribution < 1.29 is 9.53 Å². The first-order chi connectivity index (χ1) is 6.54. The van der Waals surface area contributed by atoms with E-state index < -0.39 is 0 Å². The number of halogens is 1. The summed E-state index contributed by atoms with van der Waals surface area (Å²) in [4.78, 5) is 11.0. The lowest BCUT2D eigenvalue weighted by Crippen LogP contribution is -2.08. The summed E-state index contributed by atoms with van der Waals surface area (Å²) < 4.78 is 5.27. The fraction of sp³-hybridized carbons (Fsp3) is 0.222. The molecule has 0 saturated heterocycles. The number of rotatable bonds is 2. The van der Waals surface area contributed by atoms with E-state index in [-0.39, 0.29) is 12.4 Å². The second kappa shape index (κ2) is 4.32. The highest BCUT2D eigenvalue weighted by molar-refractivity contribution is 9.10. The molecule has 4 N–H and O–H groups in total. The van der Waals surface area contributed by atoms with Crippen LogP contribution in [0.3, 0.4) is 0 Å². The molecule has 0 heterocycles. The first-order valence-electron chi connectivity index (χ1n) is 3.94. The molecule has 0 aliphatic heterocycles. The van der Waals surface area contributed by atoms with Crippen LogP contribution in [0.15, 0.2) is 16.6 Å². The average molecular weight is 259 g/mol. The van der Waals surface area contributed by atoms with Gasteiger partial charge < -0.3 is 16.2 Å². The summed E-state index contributed by atoms with van der Waals surface area (Å²) in [6.45, 7) is 0. The summed E-state index contributed by atoms with van der Waals surface area (Å²) >= 11 is 3.29. The molecular formula is C9H11BrN2O2. The van der Waals surface area contributed by atoms with Gasteiger partial charge in [-0.2, -0.15) is 0 Å². The van der Waals surface area contributed by atoms with Crippen molar-refractivity contribution >= 4 is 33.3 Å². The van der Waals surface area contributed by atoms with Crippen LogP contribution in [0.5, 0.6) is 0 Å². The van der Waals surface area contributed by atoms with Gasteiger partial charge in [0.05, 0.1) is 13.5 Å². The van der Waals surface area contributed by atoms with E-state index in [2.05, 4.69) is 20.7 Å². The largest absolute Gasteiger partial charge is 0.469 e. The normalized spacial score (nSPS) is 9.86. The van der Waals surface area contributed by atoms with Crippen molar-refractivity contribution in [3.63, 3.8) is 0 Å². The second-order valence-corrected chi connectivity index (χ2v) is 3.68. The van der Waals surface area contributed by atoms with Gasteiger partial charge in [0.2, 0.25) is 0 Å². The molecule has 0 amide bonds. The molecule has 14 heavy (non-hydrogen) atoms. The van der Waals surface area contributed by atoms with Crippen LogP contribution in [0.25, 0.3) is 0 Å². The number of esters is 1. The molecule has 5 heteroatoms. The van der Waals surface area contributed by atoms with E-state index in [1.165, 1.54) is 7.11 Å². The molecule has 0 aliphatic rings. The first-order valence-corrected chi connectivity index (χ1v) is 4.74. The Balaban J connectivity index is 3.02. The summed E-state index contributed by atoms with van der Waals surface area (Å²) in [5.41, 5.74) is 13.0. The third kappa shape index (κ3) is 2.38. The van der Waals surface area contributed by atoms with Gasteiger partial charge in [0.1, 0.15) is 0 Å². The molecule has 0 atom stereocenters. The Bertz CT molecular complexity index is 343. The van der Waals surface area contributed by atoms with Gasteiger partial charge >= 0.3 is 5.97 Å². The number of anilines is 2. The predicted molar refractivity (Wildman–Crippen MR) is 58.7 cm³/mol. The maximum Gasteiger partial charge on any atom is 0.310 e. The number of carbonyl (C=O) groups excluding carboxylic acids is 1. The van der Waals surface area contributed by atoms with Crippen LogP contribution >= 0.6 is 15.9 Å². The van der Waals surface area contributed by atoms with Crippen LogP contribution in [-0.4, -0.2) is 13.1 Å². The molecule has 0 fully saturated rings. The number of ether oxygens (including phenoxy) is 1. The Labute approximate surface area is 90.3 Å². The third-order valence-corrected chi connectivity index (χ3v) is 2.51. The fourth-order valence-electron chi connectivity index (χ4n) is 1.08. The zero-order valence-electron chi connectivity index (χ0n) is 7.71. The topological polar surface area (TPSA) is 78.3 Å². The van der Waals surface area contributed by atoms with Gasteiger partial charge in [-0.05, 0) is 12.1 Å².